The molecule has 0 aliphatic rings. The molecular weight excluding hydrogens is 548 g/mol. The van der Waals surface area contributed by atoms with Crippen molar-refractivity contribution in [3.05, 3.63) is 125 Å². The number of amides is 2. The van der Waals surface area contributed by atoms with Crippen LogP contribution in [0.5, 0.6) is 0 Å². The smallest absolute Gasteiger partial charge is 0.264 e. The Morgan fingerprint density at radius 2 is 1.45 bits per heavy atom. The lowest BCUT2D eigenvalue weighted by atomic mass is 10.1. The van der Waals surface area contributed by atoms with Crippen LogP contribution in [0.3, 0.4) is 0 Å². The zero-order valence-electron chi connectivity index (χ0n) is 21.8. The Morgan fingerprint density at radius 3 is 2.08 bits per heavy atom. The number of hydrogen-bond acceptors (Lipinski definition) is 5. The van der Waals surface area contributed by atoms with Crippen molar-refractivity contribution in [2.24, 2.45) is 5.10 Å². The van der Waals surface area contributed by atoms with Crippen molar-refractivity contribution < 1.29 is 18.0 Å². The lowest BCUT2D eigenvalue weighted by molar-refractivity contribution is -0.119. The number of carbonyl (C=O) groups is 2. The summed E-state index contributed by atoms with van der Waals surface area (Å²) in [5.74, 6) is -0.853. The second kappa shape index (κ2) is 12.6. The largest absolute Gasteiger partial charge is 0.322 e. The number of carbonyl (C=O) groups excluding carboxylic acids is 2. The zero-order valence-corrected chi connectivity index (χ0v) is 23.4. The summed E-state index contributed by atoms with van der Waals surface area (Å²) >= 11 is 5.99. The van der Waals surface area contributed by atoms with Crippen molar-refractivity contribution in [1.82, 2.24) is 5.43 Å². The molecule has 0 bridgehead atoms. The quantitative estimate of drug-likeness (QED) is 0.199. The fourth-order valence-corrected chi connectivity index (χ4v) is 5.27. The highest BCUT2D eigenvalue weighted by Crippen LogP contribution is 2.25. The molecule has 0 aromatic heterocycles. The summed E-state index contributed by atoms with van der Waals surface area (Å²) in [6.07, 6.45) is 0. The first kappa shape index (κ1) is 28.5. The maximum absolute atomic E-state index is 13.5. The second-order valence-electron chi connectivity index (χ2n) is 8.93. The fourth-order valence-electron chi connectivity index (χ4n) is 3.72. The minimum absolute atomic E-state index is 0.0555. The van der Waals surface area contributed by atoms with Crippen molar-refractivity contribution in [2.45, 2.75) is 18.7 Å². The number of benzene rings is 4. The minimum atomic E-state index is -4.06. The first-order valence-corrected chi connectivity index (χ1v) is 14.1. The van der Waals surface area contributed by atoms with Crippen LogP contribution in [0.1, 0.15) is 28.4 Å². The SMILES string of the molecule is C/C(=N/NC(=O)CN(c1ccc(Cl)cc1)S(=O)(=O)c1ccc(C)cc1)c1ccc(NC(=O)c2ccccc2)cc1. The maximum Gasteiger partial charge on any atom is 0.264 e. The second-order valence-corrected chi connectivity index (χ2v) is 11.2. The van der Waals surface area contributed by atoms with E-state index in [4.69, 9.17) is 11.6 Å². The topological polar surface area (TPSA) is 108 Å². The Morgan fingerprint density at radius 1 is 0.825 bits per heavy atom. The van der Waals surface area contributed by atoms with Crippen LogP contribution < -0.4 is 15.0 Å². The first-order valence-electron chi connectivity index (χ1n) is 12.3. The van der Waals surface area contributed by atoms with E-state index < -0.39 is 22.5 Å². The van der Waals surface area contributed by atoms with Gasteiger partial charge in [0, 0.05) is 16.3 Å². The molecule has 4 aromatic carbocycles. The number of rotatable bonds is 9. The van der Waals surface area contributed by atoms with Gasteiger partial charge < -0.3 is 5.32 Å². The molecule has 0 saturated heterocycles. The number of hydrazone groups is 1. The van der Waals surface area contributed by atoms with E-state index >= 15 is 0 Å². The number of anilines is 2. The van der Waals surface area contributed by atoms with Gasteiger partial charge in [0.2, 0.25) is 0 Å². The standard InChI is InChI=1S/C30H27ClN4O4S/c1-21-8-18-28(19-9-21)40(38,39)35(27-16-12-25(31)13-17-27)20-29(36)34-33-22(2)23-10-14-26(15-11-23)32-30(37)24-6-4-3-5-7-24/h3-19H,20H2,1-2H3,(H,32,37)(H,34,36)/b33-22-. The van der Waals surface area contributed by atoms with E-state index in [-0.39, 0.29) is 16.5 Å². The number of aryl methyl sites for hydroxylation is 1. The van der Waals surface area contributed by atoms with Crippen LogP contribution in [0.25, 0.3) is 0 Å². The third-order valence-electron chi connectivity index (χ3n) is 5.96. The average Bonchev–Trinajstić information content (AvgIpc) is 2.96. The van der Waals surface area contributed by atoms with E-state index in [9.17, 15) is 18.0 Å². The molecule has 4 aromatic rings. The van der Waals surface area contributed by atoms with Gasteiger partial charge in [-0.05, 0) is 80.1 Å². The third kappa shape index (κ3) is 7.13. The lowest BCUT2D eigenvalue weighted by Crippen LogP contribution is -2.39. The molecule has 204 valence electrons. The summed E-state index contributed by atoms with van der Waals surface area (Å²) in [6, 6.07) is 28.4. The van der Waals surface area contributed by atoms with E-state index in [0.29, 0.717) is 27.5 Å². The van der Waals surface area contributed by atoms with Crippen LogP contribution >= 0.6 is 11.6 Å². The van der Waals surface area contributed by atoms with Gasteiger partial charge in [-0.1, -0.05) is 59.6 Å². The Bertz CT molecular complexity index is 1620. The molecule has 0 aliphatic carbocycles. The van der Waals surface area contributed by atoms with Gasteiger partial charge in [0.05, 0.1) is 16.3 Å². The number of halogens is 1. The molecule has 0 radical (unpaired) electrons. The Kier molecular flexibility index (Phi) is 8.98. The number of nitrogens with zero attached hydrogens (tertiary/aromatic N) is 2. The van der Waals surface area contributed by atoms with Crippen molar-refractivity contribution in [1.29, 1.82) is 0 Å². The van der Waals surface area contributed by atoms with Crippen molar-refractivity contribution in [3.8, 4) is 0 Å². The summed E-state index contributed by atoms with van der Waals surface area (Å²) in [7, 11) is -4.06. The van der Waals surface area contributed by atoms with Gasteiger partial charge in [0.25, 0.3) is 21.8 Å². The predicted molar refractivity (Wildman–Crippen MR) is 158 cm³/mol. The average molecular weight is 575 g/mol. The van der Waals surface area contributed by atoms with Gasteiger partial charge in [-0.3, -0.25) is 13.9 Å². The summed E-state index contributed by atoms with van der Waals surface area (Å²) in [4.78, 5) is 25.3. The maximum atomic E-state index is 13.5. The summed E-state index contributed by atoms with van der Waals surface area (Å²) in [5, 5.41) is 7.41. The zero-order chi connectivity index (χ0) is 28.7. The number of sulfonamides is 1. The van der Waals surface area contributed by atoms with Gasteiger partial charge in [0.1, 0.15) is 6.54 Å². The van der Waals surface area contributed by atoms with Crippen LogP contribution in [-0.2, 0) is 14.8 Å². The number of nitrogens with one attached hydrogen (secondary N) is 2. The highest BCUT2D eigenvalue weighted by atomic mass is 35.5. The van der Waals surface area contributed by atoms with Gasteiger partial charge in [-0.25, -0.2) is 13.8 Å². The highest BCUT2D eigenvalue weighted by molar-refractivity contribution is 7.92. The minimum Gasteiger partial charge on any atom is -0.322 e. The normalized spacial score (nSPS) is 11.5. The van der Waals surface area contributed by atoms with Gasteiger partial charge >= 0.3 is 0 Å². The molecular formula is C30H27ClN4O4S. The molecule has 4 rings (SSSR count). The van der Waals surface area contributed by atoms with Crippen LogP contribution in [0.15, 0.2) is 113 Å². The monoisotopic (exact) mass is 574 g/mol. The molecule has 0 fully saturated rings. The molecule has 40 heavy (non-hydrogen) atoms. The molecule has 0 spiro atoms. The summed E-state index contributed by atoms with van der Waals surface area (Å²) < 4.78 is 28.0. The molecule has 0 heterocycles. The van der Waals surface area contributed by atoms with E-state index in [1.165, 1.54) is 24.3 Å². The van der Waals surface area contributed by atoms with Crippen LogP contribution in [0.2, 0.25) is 5.02 Å². The number of hydrogen-bond donors (Lipinski definition) is 2. The van der Waals surface area contributed by atoms with Crippen LogP contribution in [0.4, 0.5) is 11.4 Å². The van der Waals surface area contributed by atoms with Crippen molar-refractivity contribution >= 4 is 50.5 Å². The molecule has 0 saturated carbocycles. The summed E-state index contributed by atoms with van der Waals surface area (Å²) in [6.45, 7) is 3.06. The molecule has 0 aliphatic heterocycles. The highest BCUT2D eigenvalue weighted by Gasteiger charge is 2.27. The Hall–Kier alpha value is -4.47. The predicted octanol–water partition coefficient (Wildman–Crippen LogP) is 5.64. The summed E-state index contributed by atoms with van der Waals surface area (Å²) in [5.41, 5.74) is 5.99. The van der Waals surface area contributed by atoms with Crippen LogP contribution in [-0.4, -0.2) is 32.5 Å². The molecule has 0 atom stereocenters. The van der Waals surface area contributed by atoms with E-state index in [0.717, 1.165) is 9.87 Å². The molecule has 2 N–H and O–H groups in total. The molecule has 0 unspecified atom stereocenters. The van der Waals surface area contributed by atoms with Gasteiger partial charge in [0.15, 0.2) is 0 Å². The Labute approximate surface area is 238 Å². The first-order chi connectivity index (χ1) is 19.1. The van der Waals surface area contributed by atoms with Crippen molar-refractivity contribution in [3.63, 3.8) is 0 Å². The van der Waals surface area contributed by atoms with Gasteiger partial charge in [-0.15, -0.1) is 0 Å². The van der Waals surface area contributed by atoms with Gasteiger partial charge in [-0.2, -0.15) is 5.10 Å². The third-order valence-corrected chi connectivity index (χ3v) is 8.00. The Balaban J connectivity index is 1.46. The molecule has 2 amide bonds. The molecule has 8 nitrogen and oxygen atoms in total. The van der Waals surface area contributed by atoms with E-state index in [2.05, 4.69) is 15.8 Å². The van der Waals surface area contributed by atoms with Crippen molar-refractivity contribution in [2.75, 3.05) is 16.2 Å². The van der Waals surface area contributed by atoms with Crippen LogP contribution in [0, 0.1) is 6.92 Å². The van der Waals surface area contributed by atoms with E-state index in [1.54, 1.807) is 79.7 Å². The molecule has 10 heteroatoms. The lowest BCUT2D eigenvalue weighted by Gasteiger charge is -2.24. The van der Waals surface area contributed by atoms with E-state index in [1.807, 2.05) is 13.0 Å². The fraction of sp³-hybridized carbons (Fsp3) is 0.100.